The number of benzene rings is 1. The van der Waals surface area contributed by atoms with Crippen LogP contribution < -0.4 is 10.1 Å². The van der Waals surface area contributed by atoms with Gasteiger partial charge in [-0.05, 0) is 24.3 Å². The molecule has 0 aliphatic rings. The van der Waals surface area contributed by atoms with Gasteiger partial charge in [-0.3, -0.25) is 9.59 Å². The van der Waals surface area contributed by atoms with E-state index in [-0.39, 0.29) is 6.42 Å². The highest BCUT2D eigenvalue weighted by molar-refractivity contribution is 5.92. The molecule has 0 unspecified atom stereocenters. The molecule has 116 valence electrons. The van der Waals surface area contributed by atoms with Crippen molar-refractivity contribution >= 4 is 17.6 Å². The molecule has 0 aromatic heterocycles. The van der Waals surface area contributed by atoms with Crippen LogP contribution in [0.25, 0.3) is 0 Å². The molecular formula is C13H14F3NO4. The van der Waals surface area contributed by atoms with Gasteiger partial charge in [0.1, 0.15) is 5.75 Å². The van der Waals surface area contributed by atoms with E-state index in [1.807, 2.05) is 0 Å². The first-order valence-corrected chi connectivity index (χ1v) is 5.96. The van der Waals surface area contributed by atoms with Crippen molar-refractivity contribution in [3.05, 3.63) is 24.3 Å². The van der Waals surface area contributed by atoms with Gasteiger partial charge in [0.15, 0.2) is 6.61 Å². The average Bonchev–Trinajstić information content (AvgIpc) is 2.43. The number of rotatable bonds is 6. The first-order chi connectivity index (χ1) is 9.80. The number of carbonyl (C=O) groups is 2. The van der Waals surface area contributed by atoms with Crippen LogP contribution in [0, 0.1) is 0 Å². The fourth-order valence-electron chi connectivity index (χ4n) is 1.35. The van der Waals surface area contributed by atoms with Crippen molar-refractivity contribution in [2.24, 2.45) is 0 Å². The maximum atomic E-state index is 11.8. The molecule has 0 heterocycles. The van der Waals surface area contributed by atoms with Crippen molar-refractivity contribution < 1.29 is 32.2 Å². The topological polar surface area (TPSA) is 64.6 Å². The second kappa shape index (κ2) is 7.51. The third-order valence-corrected chi connectivity index (χ3v) is 2.33. The minimum Gasteiger partial charge on any atom is -0.497 e. The lowest BCUT2D eigenvalue weighted by Gasteiger charge is -2.08. The second-order valence-corrected chi connectivity index (χ2v) is 4.05. The van der Waals surface area contributed by atoms with E-state index in [0.717, 1.165) is 0 Å². The molecule has 0 bridgehead atoms. The van der Waals surface area contributed by atoms with Gasteiger partial charge in [-0.25, -0.2) is 0 Å². The molecule has 1 amide bonds. The summed E-state index contributed by atoms with van der Waals surface area (Å²) in [6.07, 6.45) is -5.25. The SMILES string of the molecule is COc1ccc(NC(=O)CCC(=O)OCC(F)(F)F)cc1. The van der Waals surface area contributed by atoms with E-state index >= 15 is 0 Å². The lowest BCUT2D eigenvalue weighted by Crippen LogP contribution is -2.21. The monoisotopic (exact) mass is 305 g/mol. The van der Waals surface area contributed by atoms with Gasteiger partial charge >= 0.3 is 12.1 Å². The van der Waals surface area contributed by atoms with Gasteiger partial charge < -0.3 is 14.8 Å². The summed E-state index contributed by atoms with van der Waals surface area (Å²) in [4.78, 5) is 22.5. The fraction of sp³-hybridized carbons (Fsp3) is 0.385. The van der Waals surface area contributed by atoms with Crippen LogP contribution in [0.5, 0.6) is 5.75 Å². The molecule has 0 fully saturated rings. The number of hydrogen-bond acceptors (Lipinski definition) is 4. The molecular weight excluding hydrogens is 291 g/mol. The van der Waals surface area contributed by atoms with E-state index in [1.165, 1.54) is 7.11 Å². The maximum absolute atomic E-state index is 11.8. The number of esters is 1. The predicted molar refractivity (Wildman–Crippen MR) is 67.9 cm³/mol. The molecule has 5 nitrogen and oxygen atoms in total. The molecule has 0 spiro atoms. The summed E-state index contributed by atoms with van der Waals surface area (Å²) >= 11 is 0. The van der Waals surface area contributed by atoms with Gasteiger partial charge in [0.05, 0.1) is 13.5 Å². The standard InChI is InChI=1S/C13H14F3NO4/c1-20-10-4-2-9(3-5-10)17-11(18)6-7-12(19)21-8-13(14,15)16/h2-5H,6-8H2,1H3,(H,17,18). The smallest absolute Gasteiger partial charge is 0.422 e. The van der Waals surface area contributed by atoms with E-state index in [2.05, 4.69) is 10.1 Å². The molecule has 1 aromatic rings. The van der Waals surface area contributed by atoms with Crippen LogP contribution >= 0.6 is 0 Å². The maximum Gasteiger partial charge on any atom is 0.422 e. The Morgan fingerprint density at radius 1 is 1.14 bits per heavy atom. The molecule has 0 radical (unpaired) electrons. The van der Waals surface area contributed by atoms with Crippen molar-refractivity contribution in [1.82, 2.24) is 0 Å². The van der Waals surface area contributed by atoms with Crippen LogP contribution in [-0.4, -0.2) is 31.8 Å². The zero-order valence-corrected chi connectivity index (χ0v) is 11.2. The number of nitrogens with one attached hydrogen (secondary N) is 1. The molecule has 1 N–H and O–H groups in total. The summed E-state index contributed by atoms with van der Waals surface area (Å²) in [5, 5.41) is 2.50. The van der Waals surface area contributed by atoms with Crippen LogP contribution in [0.2, 0.25) is 0 Å². The summed E-state index contributed by atoms with van der Waals surface area (Å²) in [6.45, 7) is -1.65. The van der Waals surface area contributed by atoms with E-state index in [0.29, 0.717) is 11.4 Å². The molecule has 0 aliphatic carbocycles. The Bertz CT molecular complexity index is 485. The first kappa shape index (κ1) is 16.8. The highest BCUT2D eigenvalue weighted by Crippen LogP contribution is 2.16. The van der Waals surface area contributed by atoms with E-state index in [4.69, 9.17) is 4.74 Å². The van der Waals surface area contributed by atoms with Crippen molar-refractivity contribution in [1.29, 1.82) is 0 Å². The summed E-state index contributed by atoms with van der Waals surface area (Å²) in [7, 11) is 1.50. The molecule has 1 rings (SSSR count). The highest BCUT2D eigenvalue weighted by atomic mass is 19.4. The number of ether oxygens (including phenoxy) is 2. The van der Waals surface area contributed by atoms with Crippen LogP contribution in [0.1, 0.15) is 12.8 Å². The first-order valence-electron chi connectivity index (χ1n) is 5.96. The van der Waals surface area contributed by atoms with E-state index < -0.39 is 31.1 Å². The second-order valence-electron chi connectivity index (χ2n) is 4.05. The van der Waals surface area contributed by atoms with Crippen molar-refractivity contribution in [3.8, 4) is 5.75 Å². The Labute approximate surface area is 119 Å². The number of amides is 1. The lowest BCUT2D eigenvalue weighted by molar-refractivity contribution is -0.186. The zero-order chi connectivity index (χ0) is 15.9. The fourth-order valence-corrected chi connectivity index (χ4v) is 1.35. The Morgan fingerprint density at radius 2 is 1.76 bits per heavy atom. The third kappa shape index (κ3) is 7.19. The van der Waals surface area contributed by atoms with Gasteiger partial charge in [-0.2, -0.15) is 13.2 Å². The van der Waals surface area contributed by atoms with Crippen LogP contribution in [0.4, 0.5) is 18.9 Å². The molecule has 1 aromatic carbocycles. The quantitative estimate of drug-likeness (QED) is 0.820. The van der Waals surface area contributed by atoms with Crippen molar-refractivity contribution in [2.45, 2.75) is 19.0 Å². The number of hydrogen-bond donors (Lipinski definition) is 1. The average molecular weight is 305 g/mol. The summed E-state index contributed by atoms with van der Waals surface area (Å²) in [5.41, 5.74) is 0.490. The van der Waals surface area contributed by atoms with E-state index in [1.54, 1.807) is 24.3 Å². The molecule has 0 atom stereocenters. The number of alkyl halides is 3. The minimum absolute atomic E-state index is 0.261. The van der Waals surface area contributed by atoms with Crippen molar-refractivity contribution in [2.75, 3.05) is 19.0 Å². The normalized spacial score (nSPS) is 10.9. The molecule has 0 saturated carbocycles. The summed E-state index contributed by atoms with van der Waals surface area (Å²) < 4.78 is 44.3. The number of methoxy groups -OCH3 is 1. The van der Waals surface area contributed by atoms with Crippen LogP contribution in [0.3, 0.4) is 0 Å². The van der Waals surface area contributed by atoms with Crippen molar-refractivity contribution in [3.63, 3.8) is 0 Å². The number of anilines is 1. The molecule has 8 heteroatoms. The zero-order valence-electron chi connectivity index (χ0n) is 11.2. The Kier molecular flexibility index (Phi) is 6.01. The van der Waals surface area contributed by atoms with Gasteiger partial charge in [0.2, 0.25) is 5.91 Å². The Morgan fingerprint density at radius 3 is 2.29 bits per heavy atom. The van der Waals surface area contributed by atoms with Crippen LogP contribution in [-0.2, 0) is 14.3 Å². The van der Waals surface area contributed by atoms with Crippen LogP contribution in [0.15, 0.2) is 24.3 Å². The molecule has 0 aliphatic heterocycles. The molecule has 0 saturated heterocycles. The summed E-state index contributed by atoms with van der Waals surface area (Å²) in [5.74, 6) is -0.954. The Balaban J connectivity index is 2.31. The third-order valence-electron chi connectivity index (χ3n) is 2.33. The number of carbonyl (C=O) groups excluding carboxylic acids is 2. The highest BCUT2D eigenvalue weighted by Gasteiger charge is 2.29. The van der Waals surface area contributed by atoms with Gasteiger partial charge in [0.25, 0.3) is 0 Å². The van der Waals surface area contributed by atoms with E-state index in [9.17, 15) is 22.8 Å². The largest absolute Gasteiger partial charge is 0.497 e. The lowest BCUT2D eigenvalue weighted by atomic mass is 10.2. The Hall–Kier alpha value is -2.25. The van der Waals surface area contributed by atoms with Gasteiger partial charge in [0, 0.05) is 12.1 Å². The predicted octanol–water partition coefficient (Wildman–Crippen LogP) is 2.52. The number of halogens is 3. The molecule has 21 heavy (non-hydrogen) atoms. The summed E-state index contributed by atoms with van der Waals surface area (Å²) in [6, 6.07) is 6.46. The van der Waals surface area contributed by atoms with Gasteiger partial charge in [-0.15, -0.1) is 0 Å². The van der Waals surface area contributed by atoms with Gasteiger partial charge in [-0.1, -0.05) is 0 Å². The minimum atomic E-state index is -4.57.